The molecular weight excluding hydrogens is 275 g/mol. The van der Waals surface area contributed by atoms with Crippen LogP contribution in [0, 0.1) is 11.8 Å². The number of alkyl halides is 1. The zero-order chi connectivity index (χ0) is 10.8. The van der Waals surface area contributed by atoms with Gasteiger partial charge in [-0.15, -0.1) is 11.6 Å². The minimum Gasteiger partial charge on any atom is -0.457 e. The van der Waals surface area contributed by atoms with Gasteiger partial charge in [0.1, 0.15) is 0 Å². The SMILES string of the molecule is CC1CCC(Cl)C(Cc2coc(Br)c2)C1. The Morgan fingerprint density at radius 1 is 1.53 bits per heavy atom. The van der Waals surface area contributed by atoms with Gasteiger partial charge in [-0.3, -0.25) is 0 Å². The second-order valence-electron chi connectivity index (χ2n) is 4.66. The lowest BCUT2D eigenvalue weighted by Crippen LogP contribution is -2.25. The molecule has 1 heterocycles. The second kappa shape index (κ2) is 4.92. The molecule has 0 N–H and O–H groups in total. The fraction of sp³-hybridized carbons (Fsp3) is 0.667. The van der Waals surface area contributed by atoms with Crippen LogP contribution >= 0.6 is 27.5 Å². The van der Waals surface area contributed by atoms with Crippen LogP contribution in [0.4, 0.5) is 0 Å². The molecule has 1 aliphatic carbocycles. The zero-order valence-electron chi connectivity index (χ0n) is 8.88. The maximum atomic E-state index is 6.36. The Balaban J connectivity index is 1.98. The summed E-state index contributed by atoms with van der Waals surface area (Å²) < 4.78 is 6.05. The summed E-state index contributed by atoms with van der Waals surface area (Å²) >= 11 is 9.69. The Kier molecular flexibility index (Phi) is 3.78. The van der Waals surface area contributed by atoms with Gasteiger partial charge < -0.3 is 4.42 Å². The van der Waals surface area contributed by atoms with Crippen molar-refractivity contribution in [1.82, 2.24) is 0 Å². The molecule has 1 fully saturated rings. The van der Waals surface area contributed by atoms with E-state index in [-0.39, 0.29) is 0 Å². The topological polar surface area (TPSA) is 13.1 Å². The minimum atomic E-state index is 0.342. The van der Waals surface area contributed by atoms with E-state index in [1.54, 1.807) is 0 Å². The lowest BCUT2D eigenvalue weighted by Gasteiger charge is -2.30. The molecule has 0 bridgehead atoms. The summed E-state index contributed by atoms with van der Waals surface area (Å²) in [6.45, 7) is 2.32. The molecule has 0 radical (unpaired) electrons. The van der Waals surface area contributed by atoms with E-state index >= 15 is 0 Å². The first-order chi connectivity index (χ1) is 7.15. The average Bonchev–Trinajstić information content (AvgIpc) is 2.58. The van der Waals surface area contributed by atoms with Crippen LogP contribution in [0.15, 0.2) is 21.4 Å². The molecule has 84 valence electrons. The summed E-state index contributed by atoms with van der Waals surface area (Å²) in [4.78, 5) is 0. The molecule has 1 saturated carbocycles. The Morgan fingerprint density at radius 3 is 3.00 bits per heavy atom. The van der Waals surface area contributed by atoms with Crippen LogP contribution < -0.4 is 0 Å². The van der Waals surface area contributed by atoms with Gasteiger partial charge in [0, 0.05) is 5.38 Å². The highest BCUT2D eigenvalue weighted by atomic mass is 79.9. The Hall–Kier alpha value is 0.0500. The standard InChI is InChI=1S/C12H16BrClO/c1-8-2-3-11(14)10(4-8)5-9-6-12(13)15-7-9/h6-8,10-11H,2-5H2,1H3. The molecular formula is C12H16BrClO. The maximum Gasteiger partial charge on any atom is 0.169 e. The predicted octanol–water partition coefficient (Wildman–Crippen LogP) is 4.63. The Labute approximate surface area is 104 Å². The first-order valence-corrected chi connectivity index (χ1v) is 6.75. The van der Waals surface area contributed by atoms with E-state index in [1.165, 1.54) is 18.4 Å². The number of hydrogen-bond acceptors (Lipinski definition) is 1. The van der Waals surface area contributed by atoms with E-state index in [4.69, 9.17) is 16.0 Å². The maximum absolute atomic E-state index is 6.36. The smallest absolute Gasteiger partial charge is 0.169 e. The number of halogens is 2. The molecule has 1 nitrogen and oxygen atoms in total. The van der Waals surface area contributed by atoms with Crippen LogP contribution in [0.5, 0.6) is 0 Å². The van der Waals surface area contributed by atoms with Gasteiger partial charge in [-0.1, -0.05) is 6.92 Å². The third-order valence-electron chi connectivity index (χ3n) is 3.27. The van der Waals surface area contributed by atoms with Gasteiger partial charge in [0.25, 0.3) is 0 Å². The van der Waals surface area contributed by atoms with Crippen molar-refractivity contribution in [3.05, 3.63) is 22.6 Å². The highest BCUT2D eigenvalue weighted by molar-refractivity contribution is 9.10. The molecule has 3 unspecified atom stereocenters. The van der Waals surface area contributed by atoms with Crippen molar-refractivity contribution < 1.29 is 4.42 Å². The largest absolute Gasteiger partial charge is 0.457 e. The molecule has 15 heavy (non-hydrogen) atoms. The lowest BCUT2D eigenvalue weighted by atomic mass is 9.79. The van der Waals surface area contributed by atoms with Crippen LogP contribution in [0.2, 0.25) is 0 Å². The number of hydrogen-bond donors (Lipinski definition) is 0. The van der Waals surface area contributed by atoms with E-state index in [2.05, 4.69) is 22.9 Å². The highest BCUT2D eigenvalue weighted by Gasteiger charge is 2.27. The van der Waals surface area contributed by atoms with Crippen molar-refractivity contribution in [3.63, 3.8) is 0 Å². The van der Waals surface area contributed by atoms with Crippen LogP contribution in [0.3, 0.4) is 0 Å². The van der Waals surface area contributed by atoms with Crippen molar-refractivity contribution >= 4 is 27.5 Å². The van der Waals surface area contributed by atoms with Gasteiger partial charge in [0.2, 0.25) is 0 Å². The van der Waals surface area contributed by atoms with Gasteiger partial charge >= 0.3 is 0 Å². The van der Waals surface area contributed by atoms with Crippen LogP contribution in [0.25, 0.3) is 0 Å². The third kappa shape index (κ3) is 3.01. The molecule has 0 aliphatic heterocycles. The van der Waals surface area contributed by atoms with Crippen LogP contribution in [0.1, 0.15) is 31.7 Å². The van der Waals surface area contributed by atoms with E-state index in [1.807, 2.05) is 12.3 Å². The minimum absolute atomic E-state index is 0.342. The monoisotopic (exact) mass is 290 g/mol. The fourth-order valence-electron chi connectivity index (χ4n) is 2.43. The van der Waals surface area contributed by atoms with Gasteiger partial charge in [0.15, 0.2) is 4.67 Å². The second-order valence-corrected chi connectivity index (χ2v) is 6.00. The molecule has 3 heteroatoms. The summed E-state index contributed by atoms with van der Waals surface area (Å²) in [5, 5.41) is 0.342. The zero-order valence-corrected chi connectivity index (χ0v) is 11.2. The first kappa shape index (κ1) is 11.5. The Morgan fingerprint density at radius 2 is 2.33 bits per heavy atom. The van der Waals surface area contributed by atoms with E-state index < -0.39 is 0 Å². The van der Waals surface area contributed by atoms with E-state index in [0.717, 1.165) is 23.4 Å². The van der Waals surface area contributed by atoms with Crippen LogP contribution in [-0.2, 0) is 6.42 Å². The molecule has 0 saturated heterocycles. The molecule has 1 aromatic heterocycles. The molecule has 2 rings (SSSR count). The van der Waals surface area contributed by atoms with Crippen molar-refractivity contribution in [3.8, 4) is 0 Å². The summed E-state index contributed by atoms with van der Waals surface area (Å²) in [5.41, 5.74) is 1.26. The number of furan rings is 1. The summed E-state index contributed by atoms with van der Waals surface area (Å²) in [6.07, 6.45) is 6.56. The third-order valence-corrected chi connectivity index (χ3v) is 4.26. The first-order valence-electron chi connectivity index (χ1n) is 5.52. The summed E-state index contributed by atoms with van der Waals surface area (Å²) in [5.74, 6) is 1.43. The van der Waals surface area contributed by atoms with Crippen molar-refractivity contribution in [2.45, 2.75) is 38.0 Å². The lowest BCUT2D eigenvalue weighted by molar-refractivity contribution is 0.287. The molecule has 0 aromatic carbocycles. The van der Waals surface area contributed by atoms with Gasteiger partial charge in [-0.05, 0) is 65.1 Å². The Bertz CT molecular complexity index is 323. The van der Waals surface area contributed by atoms with Crippen molar-refractivity contribution in [2.75, 3.05) is 0 Å². The highest BCUT2D eigenvalue weighted by Crippen LogP contribution is 2.35. The molecule has 3 atom stereocenters. The van der Waals surface area contributed by atoms with E-state index in [0.29, 0.717) is 11.3 Å². The van der Waals surface area contributed by atoms with Crippen LogP contribution in [-0.4, -0.2) is 5.38 Å². The van der Waals surface area contributed by atoms with Crippen molar-refractivity contribution in [1.29, 1.82) is 0 Å². The van der Waals surface area contributed by atoms with Gasteiger partial charge in [-0.2, -0.15) is 0 Å². The predicted molar refractivity (Wildman–Crippen MR) is 66.3 cm³/mol. The fourth-order valence-corrected chi connectivity index (χ4v) is 3.13. The molecule has 0 amide bonds. The van der Waals surface area contributed by atoms with Crippen molar-refractivity contribution in [2.24, 2.45) is 11.8 Å². The quantitative estimate of drug-likeness (QED) is 0.724. The molecule has 0 spiro atoms. The van der Waals surface area contributed by atoms with Gasteiger partial charge in [-0.25, -0.2) is 0 Å². The summed E-state index contributed by atoms with van der Waals surface area (Å²) in [6, 6.07) is 2.04. The van der Waals surface area contributed by atoms with E-state index in [9.17, 15) is 0 Å². The number of rotatable bonds is 2. The summed E-state index contributed by atoms with van der Waals surface area (Å²) in [7, 11) is 0. The molecule has 1 aliphatic rings. The molecule has 1 aromatic rings. The normalized spacial score (nSPS) is 31.8. The van der Waals surface area contributed by atoms with Gasteiger partial charge in [0.05, 0.1) is 6.26 Å². The average molecular weight is 292 g/mol.